The number of carbonyl (C=O) groups excluding carboxylic acids is 1. The van der Waals surface area contributed by atoms with Gasteiger partial charge in [-0.2, -0.15) is 0 Å². The lowest BCUT2D eigenvalue weighted by molar-refractivity contribution is -0.126. The Balaban J connectivity index is 1.46. The van der Waals surface area contributed by atoms with E-state index < -0.39 is 0 Å². The van der Waals surface area contributed by atoms with Crippen LogP contribution in [0, 0.1) is 5.92 Å². The van der Waals surface area contributed by atoms with Crippen LogP contribution in [0.1, 0.15) is 25.3 Å². The van der Waals surface area contributed by atoms with E-state index in [4.69, 9.17) is 9.47 Å². The van der Waals surface area contributed by atoms with Gasteiger partial charge in [0, 0.05) is 50.8 Å². The largest absolute Gasteiger partial charge is 0.491 e. The molecular weight excluding hydrogens is 466 g/mol. The molecule has 1 aromatic heterocycles. The predicted octanol–water partition coefficient (Wildman–Crippen LogP) is 4.54. The lowest BCUT2D eigenvalue weighted by Crippen LogP contribution is -2.32. The Hall–Kier alpha value is -3.65. The average Bonchev–Trinajstić information content (AvgIpc) is 3.75. The first-order valence-electron chi connectivity index (χ1n) is 13.1. The van der Waals surface area contributed by atoms with Crippen molar-refractivity contribution in [2.75, 3.05) is 57.1 Å². The highest BCUT2D eigenvalue weighted by molar-refractivity contribution is 5.93. The molecule has 196 valence electrons. The molecule has 1 fully saturated rings. The summed E-state index contributed by atoms with van der Waals surface area (Å²) < 4.78 is 11.3. The number of likely N-dealkylation sites (N-methyl/N-ethyl adjacent to an activating group) is 1. The zero-order valence-corrected chi connectivity index (χ0v) is 21.8. The van der Waals surface area contributed by atoms with Crippen LogP contribution in [0.3, 0.4) is 0 Å². The van der Waals surface area contributed by atoms with Crippen molar-refractivity contribution >= 4 is 28.3 Å². The van der Waals surface area contributed by atoms with Crippen LogP contribution in [0.4, 0.5) is 11.5 Å². The van der Waals surface area contributed by atoms with Gasteiger partial charge in [-0.05, 0) is 43.7 Å². The van der Waals surface area contributed by atoms with E-state index in [0.717, 1.165) is 41.1 Å². The number of rotatable bonds is 15. The van der Waals surface area contributed by atoms with E-state index in [9.17, 15) is 4.79 Å². The Morgan fingerprint density at radius 2 is 2.00 bits per heavy atom. The molecule has 8 heteroatoms. The van der Waals surface area contributed by atoms with Crippen LogP contribution < -0.4 is 15.4 Å². The van der Waals surface area contributed by atoms with Crippen molar-refractivity contribution in [1.29, 1.82) is 0 Å². The number of nitrogens with zero attached hydrogens (tertiary/aromatic N) is 3. The maximum atomic E-state index is 12.5. The molecule has 2 N–H and O–H groups in total. The molecule has 1 aliphatic carbocycles. The van der Waals surface area contributed by atoms with Crippen molar-refractivity contribution in [3.8, 4) is 5.75 Å². The molecule has 0 radical (unpaired) electrons. The first-order chi connectivity index (χ1) is 18.2. The van der Waals surface area contributed by atoms with E-state index in [-0.39, 0.29) is 5.91 Å². The normalized spacial score (nSPS) is 13.1. The Kier molecular flexibility index (Phi) is 9.71. The van der Waals surface area contributed by atoms with Crippen molar-refractivity contribution in [2.24, 2.45) is 5.92 Å². The third-order valence-electron chi connectivity index (χ3n) is 6.39. The van der Waals surface area contributed by atoms with E-state index in [1.165, 1.54) is 18.4 Å². The number of ether oxygens (including phenoxy) is 2. The topological polar surface area (TPSA) is 88.6 Å². The molecule has 0 unspecified atom stereocenters. The highest BCUT2D eigenvalue weighted by Crippen LogP contribution is 2.35. The molecule has 0 bridgehead atoms. The third kappa shape index (κ3) is 7.92. The maximum absolute atomic E-state index is 12.5. The van der Waals surface area contributed by atoms with Gasteiger partial charge >= 0.3 is 0 Å². The first-order valence-corrected chi connectivity index (χ1v) is 13.1. The standard InChI is InChI=1S/C29H37N5O3/c1-3-34(16-17-36-2)28(35)10-7-14-30-26-18-24-25(19-27(26)37-20-23-11-12-23)32-21-33-29(24)31-15-13-22-8-5-4-6-9-22/h4-10,18-19,21,23,30H,3,11-17,20H2,1-2H3,(H,31,32,33). The summed E-state index contributed by atoms with van der Waals surface area (Å²) in [5.74, 6) is 2.17. The van der Waals surface area contributed by atoms with Crippen LogP contribution in [0.2, 0.25) is 0 Å². The van der Waals surface area contributed by atoms with Gasteiger partial charge in [0.1, 0.15) is 17.9 Å². The Morgan fingerprint density at radius 3 is 2.76 bits per heavy atom. The quantitative estimate of drug-likeness (QED) is 0.295. The van der Waals surface area contributed by atoms with Crippen LogP contribution >= 0.6 is 0 Å². The summed E-state index contributed by atoms with van der Waals surface area (Å²) in [6.45, 7) is 5.66. The monoisotopic (exact) mass is 503 g/mol. The Labute approximate surface area is 219 Å². The summed E-state index contributed by atoms with van der Waals surface area (Å²) in [5, 5.41) is 7.82. The van der Waals surface area contributed by atoms with Crippen molar-refractivity contribution in [1.82, 2.24) is 14.9 Å². The minimum Gasteiger partial charge on any atom is -0.491 e. The van der Waals surface area contributed by atoms with E-state index >= 15 is 0 Å². The molecule has 0 spiro atoms. The van der Waals surface area contributed by atoms with E-state index in [1.54, 1.807) is 24.4 Å². The summed E-state index contributed by atoms with van der Waals surface area (Å²) in [7, 11) is 1.64. The fraction of sp³-hybridized carbons (Fsp3) is 0.414. The number of nitrogens with one attached hydrogen (secondary N) is 2. The number of benzene rings is 2. The number of amides is 1. The Morgan fingerprint density at radius 1 is 1.16 bits per heavy atom. The van der Waals surface area contributed by atoms with Gasteiger partial charge in [-0.25, -0.2) is 9.97 Å². The fourth-order valence-electron chi connectivity index (χ4n) is 4.00. The van der Waals surface area contributed by atoms with Gasteiger partial charge in [0.25, 0.3) is 0 Å². The molecule has 4 rings (SSSR count). The molecule has 8 nitrogen and oxygen atoms in total. The second kappa shape index (κ2) is 13.6. The van der Waals surface area contributed by atoms with Crippen LogP contribution in [-0.4, -0.2) is 67.3 Å². The predicted molar refractivity (Wildman–Crippen MR) is 148 cm³/mol. The average molecular weight is 504 g/mol. The zero-order valence-electron chi connectivity index (χ0n) is 21.8. The number of hydrogen-bond acceptors (Lipinski definition) is 7. The number of hydrogen-bond donors (Lipinski definition) is 2. The summed E-state index contributed by atoms with van der Waals surface area (Å²) in [6, 6.07) is 14.4. The van der Waals surface area contributed by atoms with Gasteiger partial charge in [-0.1, -0.05) is 36.4 Å². The van der Waals surface area contributed by atoms with Crippen molar-refractivity contribution < 1.29 is 14.3 Å². The smallest absolute Gasteiger partial charge is 0.246 e. The van der Waals surface area contributed by atoms with Crippen LogP contribution in [0.15, 0.2) is 60.9 Å². The lowest BCUT2D eigenvalue weighted by atomic mass is 10.1. The van der Waals surface area contributed by atoms with Gasteiger partial charge in [0.15, 0.2) is 0 Å². The number of carbonyl (C=O) groups is 1. The number of fused-ring (bicyclic) bond motifs is 1. The molecule has 1 amide bonds. The molecule has 0 atom stereocenters. The van der Waals surface area contributed by atoms with Crippen molar-refractivity contribution in [3.63, 3.8) is 0 Å². The molecule has 0 saturated heterocycles. The second-order valence-corrected chi connectivity index (χ2v) is 9.20. The highest BCUT2D eigenvalue weighted by atomic mass is 16.5. The number of aromatic nitrogens is 2. The lowest BCUT2D eigenvalue weighted by Gasteiger charge is -2.18. The summed E-state index contributed by atoms with van der Waals surface area (Å²) in [5.41, 5.74) is 2.96. The first kappa shape index (κ1) is 26.4. The van der Waals surface area contributed by atoms with E-state index in [0.29, 0.717) is 38.8 Å². The third-order valence-corrected chi connectivity index (χ3v) is 6.39. The molecule has 0 aliphatic heterocycles. The van der Waals surface area contributed by atoms with Gasteiger partial charge < -0.3 is 25.0 Å². The molecule has 2 aromatic carbocycles. The fourth-order valence-corrected chi connectivity index (χ4v) is 4.00. The molecular formula is C29H37N5O3. The molecule has 3 aromatic rings. The van der Waals surface area contributed by atoms with Crippen molar-refractivity contribution in [3.05, 3.63) is 66.5 Å². The molecule has 1 saturated carbocycles. The zero-order chi connectivity index (χ0) is 25.9. The SMILES string of the molecule is CCN(CCOC)C(=O)C=CCNc1cc2c(NCCc3ccccc3)ncnc2cc1OCC1CC1. The van der Waals surface area contributed by atoms with Gasteiger partial charge in [-0.3, -0.25) is 4.79 Å². The molecule has 1 heterocycles. The van der Waals surface area contributed by atoms with Crippen LogP contribution in [0.25, 0.3) is 10.9 Å². The van der Waals surface area contributed by atoms with Crippen molar-refractivity contribution in [2.45, 2.75) is 26.2 Å². The summed E-state index contributed by atoms with van der Waals surface area (Å²) >= 11 is 0. The van der Waals surface area contributed by atoms with E-state index in [2.05, 4.69) is 44.9 Å². The minimum atomic E-state index is -0.0247. The van der Waals surface area contributed by atoms with E-state index in [1.807, 2.05) is 31.2 Å². The molecule has 1 aliphatic rings. The summed E-state index contributed by atoms with van der Waals surface area (Å²) in [6.07, 6.45) is 8.37. The number of anilines is 2. The van der Waals surface area contributed by atoms with Crippen LogP contribution in [0.5, 0.6) is 5.75 Å². The second-order valence-electron chi connectivity index (χ2n) is 9.20. The van der Waals surface area contributed by atoms with Gasteiger partial charge in [0.05, 0.1) is 24.4 Å². The summed E-state index contributed by atoms with van der Waals surface area (Å²) in [4.78, 5) is 23.2. The van der Waals surface area contributed by atoms with Gasteiger partial charge in [-0.15, -0.1) is 0 Å². The minimum absolute atomic E-state index is 0.0247. The Bertz CT molecular complexity index is 1180. The number of methoxy groups -OCH3 is 1. The maximum Gasteiger partial charge on any atom is 0.246 e. The van der Waals surface area contributed by atoms with Gasteiger partial charge in [0.2, 0.25) is 5.91 Å². The molecule has 37 heavy (non-hydrogen) atoms. The van der Waals surface area contributed by atoms with Crippen LogP contribution in [-0.2, 0) is 16.0 Å². The highest BCUT2D eigenvalue weighted by Gasteiger charge is 2.23.